The van der Waals surface area contributed by atoms with Crippen molar-refractivity contribution < 1.29 is 14.3 Å². The van der Waals surface area contributed by atoms with E-state index >= 15 is 0 Å². The van der Waals surface area contributed by atoms with E-state index in [-0.39, 0.29) is 5.97 Å². The van der Waals surface area contributed by atoms with Crippen LogP contribution in [0.3, 0.4) is 0 Å². The fourth-order valence-electron chi connectivity index (χ4n) is 1.27. The lowest BCUT2D eigenvalue weighted by molar-refractivity contribution is -0.139. The second-order valence-electron chi connectivity index (χ2n) is 4.22. The minimum Gasteiger partial charge on any atom is -0.501 e. The molecule has 0 unspecified atom stereocenters. The highest BCUT2D eigenvalue weighted by atomic mass is 16.5. The van der Waals surface area contributed by atoms with Gasteiger partial charge < -0.3 is 9.47 Å². The zero-order chi connectivity index (χ0) is 12.9. The Hall–Kier alpha value is -0.990. The van der Waals surface area contributed by atoms with E-state index in [0.717, 1.165) is 25.7 Å². The first-order valence-corrected chi connectivity index (χ1v) is 6.67. The maximum Gasteiger partial charge on any atom is 0.336 e. The minimum atomic E-state index is -0.266. The number of hydrogen-bond acceptors (Lipinski definition) is 3. The third kappa shape index (κ3) is 9.91. The van der Waals surface area contributed by atoms with Gasteiger partial charge in [0.05, 0.1) is 25.0 Å². The number of esters is 1. The van der Waals surface area contributed by atoms with E-state index in [2.05, 4.69) is 13.8 Å². The van der Waals surface area contributed by atoms with Crippen molar-refractivity contribution >= 4 is 5.97 Å². The second-order valence-corrected chi connectivity index (χ2v) is 4.22. The Labute approximate surface area is 105 Å². The Kier molecular flexibility index (Phi) is 10.8. The Balaban J connectivity index is 3.59. The SMILES string of the molecule is CCCCCCOC(=O)C(C)=COCCCC. The highest BCUT2D eigenvalue weighted by molar-refractivity contribution is 5.87. The molecule has 0 radical (unpaired) electrons. The van der Waals surface area contributed by atoms with E-state index in [0.29, 0.717) is 18.8 Å². The molecule has 0 rings (SSSR count). The Morgan fingerprint density at radius 3 is 2.35 bits per heavy atom. The van der Waals surface area contributed by atoms with Gasteiger partial charge in [0.1, 0.15) is 0 Å². The summed E-state index contributed by atoms with van der Waals surface area (Å²) in [6.07, 6.45) is 8.07. The first kappa shape index (κ1) is 16.0. The van der Waals surface area contributed by atoms with Gasteiger partial charge in [-0.2, -0.15) is 0 Å². The molecule has 0 heterocycles. The van der Waals surface area contributed by atoms with Crippen molar-refractivity contribution in [2.24, 2.45) is 0 Å². The molecule has 0 bridgehead atoms. The standard InChI is InChI=1S/C14H26O3/c1-4-6-8-9-11-17-14(15)13(3)12-16-10-7-5-2/h12H,4-11H2,1-3H3. The van der Waals surface area contributed by atoms with Gasteiger partial charge in [0.15, 0.2) is 0 Å². The highest BCUT2D eigenvalue weighted by Crippen LogP contribution is 2.02. The Bertz CT molecular complexity index is 222. The summed E-state index contributed by atoms with van der Waals surface area (Å²) in [7, 11) is 0. The molecule has 3 nitrogen and oxygen atoms in total. The molecule has 0 aliphatic rings. The molecule has 0 atom stereocenters. The fourth-order valence-corrected chi connectivity index (χ4v) is 1.27. The molecule has 0 aromatic heterocycles. The maximum absolute atomic E-state index is 11.5. The number of carbonyl (C=O) groups excluding carboxylic acids is 1. The van der Waals surface area contributed by atoms with Crippen molar-refractivity contribution in [3.05, 3.63) is 11.8 Å². The summed E-state index contributed by atoms with van der Waals surface area (Å²) in [5, 5.41) is 0. The topological polar surface area (TPSA) is 35.5 Å². The molecule has 100 valence electrons. The number of unbranched alkanes of at least 4 members (excludes halogenated alkanes) is 4. The van der Waals surface area contributed by atoms with E-state index in [1.165, 1.54) is 19.1 Å². The van der Waals surface area contributed by atoms with Crippen molar-refractivity contribution in [1.82, 2.24) is 0 Å². The van der Waals surface area contributed by atoms with Crippen LogP contribution in [0.25, 0.3) is 0 Å². The normalized spacial score (nSPS) is 11.4. The van der Waals surface area contributed by atoms with Gasteiger partial charge in [0.2, 0.25) is 0 Å². The summed E-state index contributed by atoms with van der Waals surface area (Å²) in [5.74, 6) is -0.266. The van der Waals surface area contributed by atoms with Crippen molar-refractivity contribution in [3.8, 4) is 0 Å². The molecule has 0 saturated heterocycles. The molecule has 0 saturated carbocycles. The first-order valence-electron chi connectivity index (χ1n) is 6.67. The van der Waals surface area contributed by atoms with Gasteiger partial charge in [0.25, 0.3) is 0 Å². The van der Waals surface area contributed by atoms with Gasteiger partial charge in [-0.3, -0.25) is 0 Å². The predicted molar refractivity (Wildman–Crippen MR) is 69.7 cm³/mol. The maximum atomic E-state index is 11.5. The summed E-state index contributed by atoms with van der Waals surface area (Å²) in [6.45, 7) is 7.16. The predicted octanol–water partition coefficient (Wildman–Crippen LogP) is 3.83. The Morgan fingerprint density at radius 2 is 1.71 bits per heavy atom. The van der Waals surface area contributed by atoms with E-state index in [1.807, 2.05) is 0 Å². The van der Waals surface area contributed by atoms with E-state index in [4.69, 9.17) is 9.47 Å². The van der Waals surface area contributed by atoms with Crippen molar-refractivity contribution in [2.45, 2.75) is 59.3 Å². The minimum absolute atomic E-state index is 0.266. The molecular weight excluding hydrogens is 216 g/mol. The lowest BCUT2D eigenvalue weighted by Crippen LogP contribution is -2.07. The van der Waals surface area contributed by atoms with Crippen molar-refractivity contribution in [2.75, 3.05) is 13.2 Å². The van der Waals surface area contributed by atoms with Crippen LogP contribution >= 0.6 is 0 Å². The average Bonchev–Trinajstić information content (AvgIpc) is 2.34. The van der Waals surface area contributed by atoms with Crippen LogP contribution < -0.4 is 0 Å². The molecule has 0 N–H and O–H groups in total. The van der Waals surface area contributed by atoms with Crippen LogP contribution in [0.4, 0.5) is 0 Å². The quantitative estimate of drug-likeness (QED) is 0.253. The molecule has 0 aromatic rings. The summed E-state index contributed by atoms with van der Waals surface area (Å²) in [5.41, 5.74) is 0.539. The summed E-state index contributed by atoms with van der Waals surface area (Å²) >= 11 is 0. The van der Waals surface area contributed by atoms with Gasteiger partial charge in [0, 0.05) is 0 Å². The van der Waals surface area contributed by atoms with Crippen LogP contribution in [0.1, 0.15) is 59.3 Å². The Morgan fingerprint density at radius 1 is 1.00 bits per heavy atom. The largest absolute Gasteiger partial charge is 0.501 e. The van der Waals surface area contributed by atoms with E-state index in [1.54, 1.807) is 6.92 Å². The van der Waals surface area contributed by atoms with Crippen molar-refractivity contribution in [1.29, 1.82) is 0 Å². The molecule has 3 heteroatoms. The van der Waals surface area contributed by atoms with Gasteiger partial charge in [-0.1, -0.05) is 39.5 Å². The van der Waals surface area contributed by atoms with Crippen LogP contribution in [0.15, 0.2) is 11.8 Å². The highest BCUT2D eigenvalue weighted by Gasteiger charge is 2.05. The monoisotopic (exact) mass is 242 g/mol. The lowest BCUT2D eigenvalue weighted by Gasteiger charge is -2.05. The van der Waals surface area contributed by atoms with Crippen LogP contribution in [-0.2, 0) is 14.3 Å². The smallest absolute Gasteiger partial charge is 0.336 e. The number of carbonyl (C=O) groups is 1. The molecule has 0 fully saturated rings. The summed E-state index contributed by atoms with van der Waals surface area (Å²) in [4.78, 5) is 11.5. The van der Waals surface area contributed by atoms with Gasteiger partial charge in [-0.15, -0.1) is 0 Å². The molecule has 0 aromatic carbocycles. The lowest BCUT2D eigenvalue weighted by atomic mass is 10.2. The van der Waals surface area contributed by atoms with Crippen LogP contribution in [-0.4, -0.2) is 19.2 Å². The first-order chi connectivity index (χ1) is 8.22. The zero-order valence-corrected chi connectivity index (χ0v) is 11.5. The molecule has 0 aliphatic carbocycles. The third-order valence-electron chi connectivity index (χ3n) is 2.43. The van der Waals surface area contributed by atoms with Crippen LogP contribution in [0, 0.1) is 0 Å². The molecule has 0 aliphatic heterocycles. The van der Waals surface area contributed by atoms with Gasteiger partial charge in [-0.25, -0.2) is 4.79 Å². The van der Waals surface area contributed by atoms with Gasteiger partial charge in [-0.05, 0) is 19.8 Å². The van der Waals surface area contributed by atoms with E-state index in [9.17, 15) is 4.79 Å². The van der Waals surface area contributed by atoms with Crippen LogP contribution in [0.2, 0.25) is 0 Å². The van der Waals surface area contributed by atoms with Crippen molar-refractivity contribution in [3.63, 3.8) is 0 Å². The molecular formula is C14H26O3. The van der Waals surface area contributed by atoms with E-state index < -0.39 is 0 Å². The number of rotatable bonds is 10. The second kappa shape index (κ2) is 11.5. The fraction of sp³-hybridized carbons (Fsp3) is 0.786. The molecule has 0 amide bonds. The zero-order valence-electron chi connectivity index (χ0n) is 11.5. The average molecular weight is 242 g/mol. The molecule has 17 heavy (non-hydrogen) atoms. The van der Waals surface area contributed by atoms with Gasteiger partial charge >= 0.3 is 5.97 Å². The summed E-state index contributed by atoms with van der Waals surface area (Å²) < 4.78 is 10.4. The molecule has 0 spiro atoms. The van der Waals surface area contributed by atoms with Crippen LogP contribution in [0.5, 0.6) is 0 Å². The number of ether oxygens (including phenoxy) is 2. The number of hydrogen-bond donors (Lipinski definition) is 0. The third-order valence-corrected chi connectivity index (χ3v) is 2.43. The summed E-state index contributed by atoms with van der Waals surface area (Å²) in [6, 6.07) is 0.